The van der Waals surface area contributed by atoms with Crippen LogP contribution in [0.5, 0.6) is 0 Å². The third-order valence-corrected chi connectivity index (χ3v) is 7.15. The van der Waals surface area contributed by atoms with Crippen LogP contribution >= 0.6 is 0 Å². The molecule has 0 aromatic heterocycles. The first kappa shape index (κ1) is 12.3. The molecule has 6 aliphatic rings. The molecule has 0 heterocycles. The second-order valence-electron chi connectivity index (χ2n) is 8.49. The van der Waals surface area contributed by atoms with E-state index in [-0.39, 0.29) is 11.4 Å². The highest BCUT2D eigenvalue weighted by molar-refractivity contribution is 5.84. The number of ether oxygens (including phenoxy) is 2. The lowest BCUT2D eigenvalue weighted by Crippen LogP contribution is -3.08. The molecule has 6 rings (SSSR count). The Bertz CT molecular complexity index is 527. The van der Waals surface area contributed by atoms with Crippen LogP contribution in [0.4, 0.5) is 4.79 Å². The van der Waals surface area contributed by atoms with Crippen molar-refractivity contribution in [3.63, 3.8) is 0 Å². The molecular formula is C16H21NO4. The summed E-state index contributed by atoms with van der Waals surface area (Å²) in [7, 11) is 1.40. The maximum absolute atomic E-state index is 12.2. The zero-order valence-corrected chi connectivity index (χ0v) is 12.8. The Morgan fingerprint density at radius 1 is 1.05 bits per heavy atom. The summed E-state index contributed by atoms with van der Waals surface area (Å²) in [6, 6.07) is -0.512. The molecule has 1 unspecified atom stereocenters. The molecule has 0 aromatic carbocycles. The first-order valence-electron chi connectivity index (χ1n) is 7.91. The Kier molecular flexibility index (Phi) is 1.81. The zero-order valence-electron chi connectivity index (χ0n) is 12.8. The predicted molar refractivity (Wildman–Crippen MR) is 72.0 cm³/mol. The van der Waals surface area contributed by atoms with Crippen LogP contribution in [0.3, 0.4) is 0 Å². The molecule has 6 aliphatic carbocycles. The number of esters is 1. The van der Waals surface area contributed by atoms with Crippen molar-refractivity contribution in [2.45, 2.75) is 32.4 Å². The first-order valence-corrected chi connectivity index (χ1v) is 7.91. The van der Waals surface area contributed by atoms with Gasteiger partial charge in [-0.1, -0.05) is 0 Å². The summed E-state index contributed by atoms with van der Waals surface area (Å²) in [6.45, 7) is 5.47. The molecule has 0 radical (unpaired) electrons. The molecule has 5 heteroatoms. The summed E-state index contributed by atoms with van der Waals surface area (Å²) in [4.78, 5) is 24.3. The van der Waals surface area contributed by atoms with Gasteiger partial charge in [0.15, 0.2) is 0 Å². The molecule has 0 spiro atoms. The summed E-state index contributed by atoms with van der Waals surface area (Å²) < 4.78 is 10.3. The Morgan fingerprint density at radius 3 is 2.00 bits per heavy atom. The van der Waals surface area contributed by atoms with E-state index in [0.29, 0.717) is 17.8 Å². The van der Waals surface area contributed by atoms with Crippen molar-refractivity contribution in [2.75, 3.05) is 7.11 Å². The number of nitrogens with one attached hydrogen (secondary N) is 1. The van der Waals surface area contributed by atoms with Gasteiger partial charge in [-0.25, -0.2) is 9.59 Å². The van der Waals surface area contributed by atoms with Gasteiger partial charge in [-0.2, -0.15) is 0 Å². The highest BCUT2D eigenvalue weighted by Crippen LogP contribution is 3.06. The molecular weight excluding hydrogens is 270 g/mol. The van der Waals surface area contributed by atoms with Crippen LogP contribution in [0.2, 0.25) is 0 Å². The number of hydrogen-bond donors (Lipinski definition) is 1. The predicted octanol–water partition coefficient (Wildman–Crippen LogP) is 1.42. The summed E-state index contributed by atoms with van der Waals surface area (Å²) in [5.74, 6) is 5.25. The van der Waals surface area contributed by atoms with Gasteiger partial charge in [0.25, 0.3) is 0 Å². The van der Waals surface area contributed by atoms with Gasteiger partial charge in [0.1, 0.15) is 11.6 Å². The summed E-state index contributed by atoms with van der Waals surface area (Å²) in [5, 5.41) is 2.83. The van der Waals surface area contributed by atoms with Gasteiger partial charge in [-0.05, 0) is 62.2 Å². The molecule has 1 atom stereocenters. The molecule has 0 bridgehead atoms. The summed E-state index contributed by atoms with van der Waals surface area (Å²) in [6.07, 6.45) is -0.508. The van der Waals surface area contributed by atoms with Crippen LogP contribution in [0.25, 0.3) is 0 Å². The topological polar surface area (TPSA) is 64.6 Å². The third-order valence-electron chi connectivity index (χ3n) is 7.15. The zero-order chi connectivity index (χ0) is 14.9. The highest BCUT2D eigenvalue weighted by atomic mass is 16.6. The average Bonchev–Trinajstić information content (AvgIpc) is 2.42. The highest BCUT2D eigenvalue weighted by Gasteiger charge is 3.05. The maximum atomic E-state index is 12.2. The summed E-state index contributed by atoms with van der Waals surface area (Å²) >= 11 is 0. The van der Waals surface area contributed by atoms with E-state index in [1.807, 2.05) is 20.8 Å². The van der Waals surface area contributed by atoms with Crippen molar-refractivity contribution < 1.29 is 19.1 Å². The number of carbonyl (C=O) groups is 2. The molecule has 6 fully saturated rings. The van der Waals surface area contributed by atoms with Gasteiger partial charge < -0.3 is 14.8 Å². The number of rotatable bonds is 3. The smallest absolute Gasteiger partial charge is 0.408 e. The van der Waals surface area contributed by atoms with Gasteiger partial charge in [0.2, 0.25) is 0 Å². The fourth-order valence-electron chi connectivity index (χ4n) is 7.03. The Morgan fingerprint density at radius 2 is 1.57 bits per heavy atom. The van der Waals surface area contributed by atoms with Gasteiger partial charge in [0.05, 0.1) is 7.11 Å². The van der Waals surface area contributed by atoms with Crippen LogP contribution in [-0.4, -0.2) is 30.8 Å². The average molecular weight is 291 g/mol. The van der Waals surface area contributed by atoms with Crippen LogP contribution in [-0.2, 0) is 14.3 Å². The van der Waals surface area contributed by atoms with E-state index in [4.69, 9.17) is 9.47 Å². The minimum atomic E-state index is -0.559. The Balaban J connectivity index is 1.37. The van der Waals surface area contributed by atoms with Crippen molar-refractivity contribution in [1.82, 2.24) is 5.32 Å². The molecule has 1 amide bonds. The van der Waals surface area contributed by atoms with E-state index in [9.17, 15) is 9.59 Å². The molecule has 6 saturated carbocycles. The second-order valence-corrected chi connectivity index (χ2v) is 8.49. The molecule has 21 heavy (non-hydrogen) atoms. The number of hydrogen-bond acceptors (Lipinski definition) is 4. The number of methoxy groups -OCH3 is 1. The molecule has 5 nitrogen and oxygen atoms in total. The molecule has 0 aliphatic heterocycles. The largest absolute Gasteiger partial charge is 0.467 e. The number of carbonyl (C=O) groups excluding carboxylic acids is 2. The monoisotopic (exact) mass is 291 g/mol. The maximum Gasteiger partial charge on any atom is 0.408 e. The van der Waals surface area contributed by atoms with Crippen molar-refractivity contribution >= 4 is 12.1 Å². The SMILES string of the molecule is COC(=O)C(NC(=O)OC(C)(C)C)C12C3C4C5C3C1C5C42. The van der Waals surface area contributed by atoms with E-state index in [0.717, 1.165) is 23.7 Å². The van der Waals surface area contributed by atoms with Crippen LogP contribution < -0.4 is 5.32 Å². The number of amides is 1. The van der Waals surface area contributed by atoms with Crippen LogP contribution in [0, 0.1) is 46.8 Å². The summed E-state index contributed by atoms with van der Waals surface area (Å²) in [5.41, 5.74) is -0.532. The Labute approximate surface area is 123 Å². The molecule has 1 N–H and O–H groups in total. The van der Waals surface area contributed by atoms with Gasteiger partial charge in [-0.3, -0.25) is 0 Å². The minimum Gasteiger partial charge on any atom is -0.467 e. The normalized spacial score (nSPS) is 53.6. The van der Waals surface area contributed by atoms with E-state index in [2.05, 4.69) is 5.32 Å². The van der Waals surface area contributed by atoms with Gasteiger partial charge in [0, 0.05) is 5.41 Å². The van der Waals surface area contributed by atoms with E-state index < -0.39 is 17.7 Å². The number of alkyl carbamates (subject to hydrolysis) is 1. The van der Waals surface area contributed by atoms with E-state index >= 15 is 0 Å². The second kappa shape index (κ2) is 3.08. The molecule has 0 aromatic rings. The van der Waals surface area contributed by atoms with E-state index in [1.165, 1.54) is 7.11 Å². The third kappa shape index (κ3) is 0.966. The van der Waals surface area contributed by atoms with Crippen LogP contribution in [0.15, 0.2) is 0 Å². The quantitative estimate of drug-likeness (QED) is 0.799. The molecule has 114 valence electrons. The fraction of sp³-hybridized carbons (Fsp3) is 0.875. The van der Waals surface area contributed by atoms with Crippen molar-refractivity contribution in [2.24, 2.45) is 46.8 Å². The van der Waals surface area contributed by atoms with Gasteiger partial charge >= 0.3 is 12.1 Å². The minimum absolute atomic E-state index is 0.0265. The van der Waals surface area contributed by atoms with Crippen molar-refractivity contribution in [3.05, 3.63) is 0 Å². The van der Waals surface area contributed by atoms with Gasteiger partial charge in [-0.15, -0.1) is 0 Å². The van der Waals surface area contributed by atoms with Crippen molar-refractivity contribution in [3.8, 4) is 0 Å². The fourth-order valence-corrected chi connectivity index (χ4v) is 7.03. The lowest BCUT2D eigenvalue weighted by molar-refractivity contribution is -0.617. The standard InChI is InChI=1S/C16H21NO4/c1-15(2,3)21-14(19)17-12(13(18)20-4)16-9-6-5-7(9)11(16)8(5)10(6)16/h5-12H,1-4H3,(H,17,19). The van der Waals surface area contributed by atoms with Crippen molar-refractivity contribution in [1.29, 1.82) is 0 Å². The Hall–Kier alpha value is -1.26. The molecule has 0 saturated heterocycles. The van der Waals surface area contributed by atoms with Crippen LogP contribution in [0.1, 0.15) is 20.8 Å². The lowest BCUT2D eigenvalue weighted by atomic mass is 8.96. The first-order chi connectivity index (χ1) is 9.84. The lowest BCUT2D eigenvalue weighted by Gasteiger charge is -3.08. The van der Waals surface area contributed by atoms with E-state index in [1.54, 1.807) is 0 Å².